The van der Waals surface area contributed by atoms with Crippen LogP contribution in [0.25, 0.3) is 48.7 Å². The Morgan fingerprint density at radius 2 is 1.11 bits per heavy atom. The first-order valence-corrected chi connectivity index (χ1v) is 20.5. The third-order valence-corrected chi connectivity index (χ3v) is 12.5. The van der Waals surface area contributed by atoms with Gasteiger partial charge in [-0.3, -0.25) is 0 Å². The van der Waals surface area contributed by atoms with Gasteiger partial charge in [0.2, 0.25) is 0 Å². The molecule has 0 spiro atoms. The van der Waals surface area contributed by atoms with Crippen LogP contribution in [0, 0.1) is 11.8 Å². The molecule has 1 saturated carbocycles. The number of hydrogen-bond acceptors (Lipinski definition) is 1. The summed E-state index contributed by atoms with van der Waals surface area (Å²) in [5.41, 5.74) is 12.4. The van der Waals surface area contributed by atoms with Crippen molar-refractivity contribution >= 4 is 60.0 Å². The van der Waals surface area contributed by atoms with E-state index in [9.17, 15) is 0 Å². The van der Waals surface area contributed by atoms with Crippen molar-refractivity contribution in [3.8, 4) is 0 Å². The van der Waals surface area contributed by atoms with Gasteiger partial charge < -0.3 is 4.90 Å². The lowest BCUT2D eigenvalue weighted by molar-refractivity contribution is 0.813. The molecule has 0 amide bonds. The van der Waals surface area contributed by atoms with Crippen molar-refractivity contribution in [1.29, 1.82) is 0 Å². The molecule has 3 aliphatic carbocycles. The highest BCUT2D eigenvalue weighted by Crippen LogP contribution is 2.57. The Kier molecular flexibility index (Phi) is 8.32. The van der Waals surface area contributed by atoms with E-state index in [0.29, 0.717) is 11.8 Å². The highest BCUT2D eigenvalue weighted by Gasteiger charge is 2.47. The van der Waals surface area contributed by atoms with Gasteiger partial charge in [0.05, 0.1) is 5.69 Å². The molecule has 0 aromatic heterocycles. The molecule has 1 heteroatoms. The van der Waals surface area contributed by atoms with Crippen molar-refractivity contribution < 1.29 is 0 Å². The summed E-state index contributed by atoms with van der Waals surface area (Å²) in [6.07, 6.45) is 16.4. The highest BCUT2D eigenvalue weighted by atomic mass is 15.2. The van der Waals surface area contributed by atoms with Crippen LogP contribution in [0.15, 0.2) is 223 Å². The standard InChI is InChI=1S/C56H43N/c1-3-15-38(16-4-1)33-43(52-35-41-17-7-9-21-45(41)48-23-11-12-25-50(48)52)34-39-27-29-40(30-28-39)47-31-32-55(54-37-53(47)54)57(44-19-5-2-6-20-44)56-36-42-18-8-10-22-46(42)49-24-13-14-26-51(49)56/h1-27,29,31-32,34-36,53-54H,28,30,33,37H2. The molecule has 0 N–H and O–H groups in total. The van der Waals surface area contributed by atoms with Crippen LogP contribution in [-0.4, -0.2) is 0 Å². The van der Waals surface area contributed by atoms with Gasteiger partial charge in [0, 0.05) is 22.7 Å². The molecule has 11 rings (SSSR count). The van der Waals surface area contributed by atoms with E-state index in [4.69, 9.17) is 0 Å². The zero-order valence-electron chi connectivity index (χ0n) is 32.0. The van der Waals surface area contributed by atoms with Gasteiger partial charge in [-0.1, -0.05) is 170 Å². The van der Waals surface area contributed by atoms with Crippen LogP contribution in [0.1, 0.15) is 30.4 Å². The average molecular weight is 730 g/mol. The maximum Gasteiger partial charge on any atom is 0.0543 e. The number of rotatable bonds is 8. The van der Waals surface area contributed by atoms with Gasteiger partial charge in [0.25, 0.3) is 0 Å². The second kappa shape index (κ2) is 14.1. The van der Waals surface area contributed by atoms with E-state index in [1.54, 1.807) is 0 Å². The summed E-state index contributed by atoms with van der Waals surface area (Å²) in [5.74, 6) is 1.05. The monoisotopic (exact) mass is 729 g/mol. The van der Waals surface area contributed by atoms with Crippen molar-refractivity contribution in [3.05, 3.63) is 234 Å². The van der Waals surface area contributed by atoms with Crippen LogP contribution in [-0.2, 0) is 6.42 Å². The lowest BCUT2D eigenvalue weighted by atomic mass is 9.85. The number of para-hydroxylation sites is 1. The van der Waals surface area contributed by atoms with Crippen LogP contribution >= 0.6 is 0 Å². The van der Waals surface area contributed by atoms with Crippen molar-refractivity contribution in [2.75, 3.05) is 4.90 Å². The zero-order valence-corrected chi connectivity index (χ0v) is 32.0. The van der Waals surface area contributed by atoms with E-state index < -0.39 is 0 Å². The third-order valence-electron chi connectivity index (χ3n) is 12.5. The molecular weight excluding hydrogens is 687 g/mol. The first-order chi connectivity index (χ1) is 28.3. The molecule has 0 heterocycles. The Labute approximate surface area is 334 Å². The van der Waals surface area contributed by atoms with E-state index in [-0.39, 0.29) is 0 Å². The van der Waals surface area contributed by atoms with Crippen LogP contribution in [0.4, 0.5) is 11.4 Å². The second-order valence-electron chi connectivity index (χ2n) is 16.0. The quantitative estimate of drug-likeness (QED) is 0.141. The van der Waals surface area contributed by atoms with E-state index in [1.165, 1.54) is 100 Å². The fourth-order valence-electron chi connectivity index (χ4n) is 9.69. The first kappa shape index (κ1) is 33.6. The predicted molar refractivity (Wildman–Crippen MR) is 243 cm³/mol. The topological polar surface area (TPSA) is 3.24 Å². The minimum absolute atomic E-state index is 0.500. The minimum atomic E-state index is 0.500. The van der Waals surface area contributed by atoms with Gasteiger partial charge in [-0.05, 0) is 133 Å². The lowest BCUT2D eigenvalue weighted by Crippen LogP contribution is -2.20. The summed E-state index contributed by atoms with van der Waals surface area (Å²) >= 11 is 0. The third kappa shape index (κ3) is 6.12. The fourth-order valence-corrected chi connectivity index (χ4v) is 9.69. The van der Waals surface area contributed by atoms with Gasteiger partial charge in [-0.25, -0.2) is 0 Å². The SMILES string of the molecule is C1=C(C=C(Cc2ccccc2)c2cc3ccccc3c3ccccc23)CCC(C2=CC=C(N(c3ccccc3)c3cc4ccccc4c4ccccc34)C3CC23)=C1. The molecule has 1 nitrogen and oxygen atoms in total. The zero-order chi connectivity index (χ0) is 37.7. The fraction of sp³-hybridized carbons (Fsp3) is 0.107. The molecule has 2 atom stereocenters. The smallest absolute Gasteiger partial charge is 0.0543 e. The molecule has 8 aromatic carbocycles. The molecule has 0 bridgehead atoms. The number of anilines is 2. The molecule has 3 aliphatic rings. The molecular formula is C56H43N. The molecule has 8 aromatic rings. The molecule has 2 unspecified atom stereocenters. The Balaban J connectivity index is 0.973. The van der Waals surface area contributed by atoms with Crippen LogP contribution in [0.5, 0.6) is 0 Å². The van der Waals surface area contributed by atoms with Crippen molar-refractivity contribution in [3.63, 3.8) is 0 Å². The van der Waals surface area contributed by atoms with Gasteiger partial charge in [0.1, 0.15) is 0 Å². The lowest BCUT2D eigenvalue weighted by Gasteiger charge is -2.31. The summed E-state index contributed by atoms with van der Waals surface area (Å²) in [6, 6.07) is 62.2. The summed E-state index contributed by atoms with van der Waals surface area (Å²) in [6.45, 7) is 0. The van der Waals surface area contributed by atoms with Crippen molar-refractivity contribution in [2.24, 2.45) is 11.8 Å². The molecule has 1 fully saturated rings. The normalized spacial score (nSPS) is 17.9. The number of allylic oxidation sites excluding steroid dienone is 10. The molecule has 0 aliphatic heterocycles. The van der Waals surface area contributed by atoms with Crippen LogP contribution in [0.3, 0.4) is 0 Å². The summed E-state index contributed by atoms with van der Waals surface area (Å²) < 4.78 is 0. The summed E-state index contributed by atoms with van der Waals surface area (Å²) in [7, 11) is 0. The van der Waals surface area contributed by atoms with Crippen LogP contribution in [0.2, 0.25) is 0 Å². The largest absolute Gasteiger partial charge is 0.313 e. The van der Waals surface area contributed by atoms with E-state index >= 15 is 0 Å². The average Bonchev–Trinajstić information content (AvgIpc) is 4.09. The first-order valence-electron chi connectivity index (χ1n) is 20.5. The predicted octanol–water partition coefficient (Wildman–Crippen LogP) is 14.9. The Bertz CT molecular complexity index is 3010. The Morgan fingerprint density at radius 3 is 1.81 bits per heavy atom. The van der Waals surface area contributed by atoms with Crippen molar-refractivity contribution in [1.82, 2.24) is 0 Å². The summed E-state index contributed by atoms with van der Waals surface area (Å²) in [5, 5.41) is 10.4. The van der Waals surface area contributed by atoms with Gasteiger partial charge in [-0.15, -0.1) is 0 Å². The summed E-state index contributed by atoms with van der Waals surface area (Å²) in [4.78, 5) is 2.55. The minimum Gasteiger partial charge on any atom is -0.313 e. The van der Waals surface area contributed by atoms with Gasteiger partial charge in [0.15, 0.2) is 0 Å². The number of nitrogens with zero attached hydrogens (tertiary/aromatic N) is 1. The number of hydrogen-bond donors (Lipinski definition) is 0. The Hall–Kier alpha value is -6.70. The van der Waals surface area contributed by atoms with Crippen molar-refractivity contribution in [2.45, 2.75) is 25.7 Å². The number of fused-ring (bicyclic) bond motifs is 7. The molecule has 0 radical (unpaired) electrons. The van der Waals surface area contributed by atoms with Gasteiger partial charge >= 0.3 is 0 Å². The highest BCUT2D eigenvalue weighted by molar-refractivity contribution is 6.14. The van der Waals surface area contributed by atoms with E-state index in [1.807, 2.05) is 0 Å². The van der Waals surface area contributed by atoms with Gasteiger partial charge in [-0.2, -0.15) is 0 Å². The van der Waals surface area contributed by atoms with Crippen LogP contribution < -0.4 is 4.90 Å². The molecule has 0 saturated heterocycles. The Morgan fingerprint density at radius 1 is 0.509 bits per heavy atom. The maximum atomic E-state index is 2.55. The molecule has 272 valence electrons. The van der Waals surface area contributed by atoms with E-state index in [2.05, 4.69) is 205 Å². The number of benzene rings is 8. The second-order valence-corrected chi connectivity index (χ2v) is 16.0. The maximum absolute atomic E-state index is 2.55. The van der Waals surface area contributed by atoms with E-state index in [0.717, 1.165) is 19.3 Å². The molecule has 57 heavy (non-hydrogen) atoms.